The molecule has 0 saturated carbocycles. The molecular weight excluding hydrogens is 260 g/mol. The second-order valence-electron chi connectivity index (χ2n) is 3.82. The van der Waals surface area contributed by atoms with Gasteiger partial charge in [-0.2, -0.15) is 0 Å². The summed E-state index contributed by atoms with van der Waals surface area (Å²) in [6, 6.07) is 6.75. The number of ether oxygens (including phenoxy) is 1. The van der Waals surface area contributed by atoms with Gasteiger partial charge < -0.3 is 10.5 Å². The van der Waals surface area contributed by atoms with Crippen molar-refractivity contribution in [3.63, 3.8) is 0 Å². The zero-order valence-corrected chi connectivity index (χ0v) is 10.3. The van der Waals surface area contributed by atoms with Gasteiger partial charge in [0.1, 0.15) is 5.75 Å². The normalized spacial score (nSPS) is 10.4. The molecule has 0 spiro atoms. The Morgan fingerprint density at radius 3 is 2.44 bits per heavy atom. The molecule has 18 heavy (non-hydrogen) atoms. The molecule has 0 unspecified atom stereocenters. The van der Waals surface area contributed by atoms with Gasteiger partial charge in [-0.25, -0.2) is 8.78 Å². The number of benzene rings is 2. The van der Waals surface area contributed by atoms with Crippen LogP contribution in [0, 0.1) is 18.6 Å². The Balaban J connectivity index is 2.34. The van der Waals surface area contributed by atoms with E-state index < -0.39 is 11.6 Å². The van der Waals surface area contributed by atoms with Crippen molar-refractivity contribution in [2.45, 2.75) is 6.92 Å². The van der Waals surface area contributed by atoms with Crippen molar-refractivity contribution in [3.05, 3.63) is 52.6 Å². The first kappa shape index (κ1) is 12.6. The molecule has 94 valence electrons. The predicted molar refractivity (Wildman–Crippen MR) is 67.0 cm³/mol. The van der Waals surface area contributed by atoms with Crippen LogP contribution in [0.15, 0.2) is 30.3 Å². The van der Waals surface area contributed by atoms with Gasteiger partial charge in [0.25, 0.3) is 0 Å². The van der Waals surface area contributed by atoms with E-state index in [0.29, 0.717) is 10.8 Å². The molecule has 0 fully saturated rings. The molecule has 0 heterocycles. The molecule has 0 bridgehead atoms. The maximum Gasteiger partial charge on any atom is 0.162 e. The molecule has 2 rings (SSSR count). The number of rotatable bonds is 2. The van der Waals surface area contributed by atoms with Crippen LogP contribution in [0.3, 0.4) is 0 Å². The Bertz CT molecular complexity index is 602. The largest absolute Gasteiger partial charge is 0.455 e. The van der Waals surface area contributed by atoms with Crippen LogP contribution in [-0.4, -0.2) is 0 Å². The van der Waals surface area contributed by atoms with E-state index in [1.807, 2.05) is 6.92 Å². The standard InChI is InChI=1S/C13H10ClF2NO/c1-7-4-8(2-3-9(7)14)18-13-6-11(16)10(15)5-12(13)17/h2-6H,17H2,1H3. The van der Waals surface area contributed by atoms with Gasteiger partial charge in [-0.1, -0.05) is 11.6 Å². The van der Waals surface area contributed by atoms with Crippen LogP contribution < -0.4 is 10.5 Å². The maximum atomic E-state index is 13.1. The Hall–Kier alpha value is -1.81. The third kappa shape index (κ3) is 2.54. The molecule has 0 amide bonds. The summed E-state index contributed by atoms with van der Waals surface area (Å²) in [6.45, 7) is 1.81. The van der Waals surface area contributed by atoms with E-state index in [0.717, 1.165) is 17.7 Å². The highest BCUT2D eigenvalue weighted by atomic mass is 35.5. The molecule has 2 nitrogen and oxygen atoms in total. The highest BCUT2D eigenvalue weighted by molar-refractivity contribution is 6.31. The van der Waals surface area contributed by atoms with Gasteiger partial charge in [0.05, 0.1) is 5.69 Å². The quantitative estimate of drug-likeness (QED) is 0.825. The summed E-state index contributed by atoms with van der Waals surface area (Å²) in [5.74, 6) is -1.50. The van der Waals surface area contributed by atoms with E-state index in [2.05, 4.69) is 0 Å². The summed E-state index contributed by atoms with van der Waals surface area (Å²) in [6.07, 6.45) is 0. The molecule has 0 aliphatic heterocycles. The number of nitrogens with two attached hydrogens (primary N) is 1. The smallest absolute Gasteiger partial charge is 0.162 e. The van der Waals surface area contributed by atoms with Crippen LogP contribution in [-0.2, 0) is 0 Å². The van der Waals surface area contributed by atoms with Gasteiger partial charge in [0.15, 0.2) is 17.4 Å². The van der Waals surface area contributed by atoms with Crippen LogP contribution >= 0.6 is 11.6 Å². The fraction of sp³-hybridized carbons (Fsp3) is 0.0769. The molecule has 2 aromatic carbocycles. The number of aryl methyl sites for hydroxylation is 1. The number of hydrogen-bond donors (Lipinski definition) is 1. The molecule has 0 saturated heterocycles. The Kier molecular flexibility index (Phi) is 3.39. The van der Waals surface area contributed by atoms with Crippen molar-refractivity contribution in [2.24, 2.45) is 0 Å². The molecule has 0 aliphatic carbocycles. The summed E-state index contributed by atoms with van der Waals surface area (Å²) in [4.78, 5) is 0. The van der Waals surface area contributed by atoms with E-state index in [1.165, 1.54) is 0 Å². The van der Waals surface area contributed by atoms with Crippen molar-refractivity contribution in [1.29, 1.82) is 0 Å². The third-order valence-electron chi connectivity index (χ3n) is 2.41. The summed E-state index contributed by atoms with van der Waals surface area (Å²) in [5.41, 5.74) is 6.39. The van der Waals surface area contributed by atoms with Gasteiger partial charge in [-0.15, -0.1) is 0 Å². The number of nitrogen functional groups attached to an aromatic ring is 1. The Morgan fingerprint density at radius 2 is 1.78 bits per heavy atom. The summed E-state index contributed by atoms with van der Waals surface area (Å²) < 4.78 is 31.4. The van der Waals surface area contributed by atoms with Crippen molar-refractivity contribution >= 4 is 17.3 Å². The van der Waals surface area contributed by atoms with E-state index in [9.17, 15) is 8.78 Å². The molecular formula is C13H10ClF2NO. The minimum atomic E-state index is -1.01. The average Bonchev–Trinajstić information content (AvgIpc) is 2.31. The minimum absolute atomic E-state index is 0.0292. The topological polar surface area (TPSA) is 35.2 Å². The van der Waals surface area contributed by atoms with E-state index in [4.69, 9.17) is 22.1 Å². The van der Waals surface area contributed by atoms with Gasteiger partial charge in [0.2, 0.25) is 0 Å². The zero-order valence-electron chi connectivity index (χ0n) is 9.51. The SMILES string of the molecule is Cc1cc(Oc2cc(F)c(F)cc2N)ccc1Cl. The van der Waals surface area contributed by atoms with Gasteiger partial charge in [0, 0.05) is 17.2 Å². The second-order valence-corrected chi connectivity index (χ2v) is 4.22. The van der Waals surface area contributed by atoms with Crippen LogP contribution in [0.5, 0.6) is 11.5 Å². The first-order valence-electron chi connectivity index (χ1n) is 5.16. The second kappa shape index (κ2) is 4.82. The van der Waals surface area contributed by atoms with Crippen molar-refractivity contribution in [2.75, 3.05) is 5.73 Å². The Labute approximate surface area is 108 Å². The van der Waals surface area contributed by atoms with Gasteiger partial charge in [-0.05, 0) is 30.7 Å². The van der Waals surface area contributed by atoms with E-state index in [1.54, 1.807) is 18.2 Å². The van der Waals surface area contributed by atoms with Crippen molar-refractivity contribution in [3.8, 4) is 11.5 Å². The monoisotopic (exact) mass is 269 g/mol. The Morgan fingerprint density at radius 1 is 1.11 bits per heavy atom. The zero-order chi connectivity index (χ0) is 13.3. The van der Waals surface area contributed by atoms with Gasteiger partial charge >= 0.3 is 0 Å². The molecule has 0 aliphatic rings. The molecule has 0 atom stereocenters. The van der Waals surface area contributed by atoms with Crippen molar-refractivity contribution < 1.29 is 13.5 Å². The maximum absolute atomic E-state index is 13.1. The molecule has 5 heteroatoms. The van der Waals surface area contributed by atoms with Crippen LogP contribution in [0.25, 0.3) is 0 Å². The fourth-order valence-corrected chi connectivity index (χ4v) is 1.56. The molecule has 2 N–H and O–H groups in total. The lowest BCUT2D eigenvalue weighted by atomic mass is 10.2. The first-order chi connectivity index (χ1) is 8.47. The number of halogens is 3. The summed E-state index contributed by atoms with van der Waals surface area (Å²) >= 11 is 5.87. The summed E-state index contributed by atoms with van der Waals surface area (Å²) in [5, 5.41) is 0.598. The van der Waals surface area contributed by atoms with Crippen LogP contribution in [0.1, 0.15) is 5.56 Å². The average molecular weight is 270 g/mol. The lowest BCUT2D eigenvalue weighted by molar-refractivity contribution is 0.464. The summed E-state index contributed by atoms with van der Waals surface area (Å²) in [7, 11) is 0. The highest BCUT2D eigenvalue weighted by Crippen LogP contribution is 2.31. The number of anilines is 1. The van der Waals surface area contributed by atoms with E-state index in [-0.39, 0.29) is 11.4 Å². The molecule has 0 radical (unpaired) electrons. The van der Waals surface area contributed by atoms with E-state index >= 15 is 0 Å². The third-order valence-corrected chi connectivity index (χ3v) is 2.83. The van der Waals surface area contributed by atoms with Crippen LogP contribution in [0.2, 0.25) is 5.02 Å². The molecule has 0 aromatic heterocycles. The van der Waals surface area contributed by atoms with Crippen molar-refractivity contribution in [1.82, 2.24) is 0 Å². The minimum Gasteiger partial charge on any atom is -0.455 e. The first-order valence-corrected chi connectivity index (χ1v) is 5.53. The lowest BCUT2D eigenvalue weighted by Crippen LogP contribution is -1.96. The highest BCUT2D eigenvalue weighted by Gasteiger charge is 2.10. The van der Waals surface area contributed by atoms with Gasteiger partial charge in [-0.3, -0.25) is 0 Å². The number of hydrogen-bond acceptors (Lipinski definition) is 2. The molecule has 2 aromatic rings. The van der Waals surface area contributed by atoms with Crippen LogP contribution in [0.4, 0.5) is 14.5 Å². The lowest BCUT2D eigenvalue weighted by Gasteiger charge is -2.10. The predicted octanol–water partition coefficient (Wildman–Crippen LogP) is 4.30. The fourth-order valence-electron chi connectivity index (χ4n) is 1.44.